The number of likely N-dealkylation sites (N-methyl/N-ethyl adjacent to an activating group) is 1. The van der Waals surface area contributed by atoms with Crippen LogP contribution in [0.5, 0.6) is 0 Å². The van der Waals surface area contributed by atoms with E-state index in [4.69, 9.17) is 4.74 Å². The lowest BCUT2D eigenvalue weighted by Crippen LogP contribution is -2.60. The highest BCUT2D eigenvalue weighted by atomic mass is 16.5. The summed E-state index contributed by atoms with van der Waals surface area (Å²) in [5.74, 6) is -2.36. The Morgan fingerprint density at radius 1 is 1.06 bits per heavy atom. The van der Waals surface area contributed by atoms with E-state index in [-0.39, 0.29) is 44.4 Å². The quantitative estimate of drug-likeness (QED) is 0.489. The summed E-state index contributed by atoms with van der Waals surface area (Å²) in [4.78, 5) is 67.2. The number of hydrogen-bond acceptors (Lipinski definition) is 6. The molecule has 2 heterocycles. The second-order valence-corrected chi connectivity index (χ2v) is 9.62. The molecule has 4 atom stereocenters. The van der Waals surface area contributed by atoms with Crippen molar-refractivity contribution in [2.75, 3.05) is 33.2 Å². The molecule has 1 aromatic carbocycles. The fourth-order valence-electron chi connectivity index (χ4n) is 4.24. The molecule has 0 spiro atoms. The number of nitrogens with one attached hydrogen (secondary N) is 3. The van der Waals surface area contributed by atoms with Gasteiger partial charge >= 0.3 is 0 Å². The third-order valence-electron chi connectivity index (χ3n) is 6.19. The van der Waals surface area contributed by atoms with Crippen molar-refractivity contribution in [1.82, 2.24) is 25.8 Å². The summed E-state index contributed by atoms with van der Waals surface area (Å²) in [6, 6.07) is 7.40. The van der Waals surface area contributed by atoms with E-state index < -0.39 is 47.9 Å². The highest BCUT2D eigenvalue weighted by Gasteiger charge is 2.37. The van der Waals surface area contributed by atoms with E-state index in [1.807, 2.05) is 30.3 Å². The minimum atomic E-state index is -1.03. The standard InChI is InChI=1S/C25H35N5O6/c1-15(2)24(34)30-12-18-11-26-22(32)16(3)27-21(31)14-29(4)25(35)19(10-17-8-6-5-7-9-17)28-23(33)20(13-30)36-18/h5-9,15-16,18-20H,10-14H2,1-4H3,(H,26,32)(H,27,31)(H,28,33)/t16-,18+,19-,20-/m1/s1. The molecule has 2 bridgehead atoms. The predicted molar refractivity (Wildman–Crippen MR) is 130 cm³/mol. The third kappa shape index (κ3) is 7.03. The molecule has 1 aromatic rings. The van der Waals surface area contributed by atoms with Gasteiger partial charge in [0.2, 0.25) is 23.6 Å². The largest absolute Gasteiger partial charge is 0.360 e. The monoisotopic (exact) mass is 501 g/mol. The van der Waals surface area contributed by atoms with Gasteiger partial charge in [-0.3, -0.25) is 24.0 Å². The molecule has 11 heteroatoms. The number of hydrogen-bond donors (Lipinski definition) is 3. The minimum absolute atomic E-state index is 0.0336. The first-order valence-electron chi connectivity index (χ1n) is 12.2. The number of fused-ring (bicyclic) bond motifs is 2. The van der Waals surface area contributed by atoms with Gasteiger partial charge in [-0.15, -0.1) is 0 Å². The van der Waals surface area contributed by atoms with Crippen LogP contribution in [0.15, 0.2) is 30.3 Å². The molecule has 5 amide bonds. The van der Waals surface area contributed by atoms with Crippen LogP contribution in [0.1, 0.15) is 26.3 Å². The van der Waals surface area contributed by atoms with Crippen LogP contribution in [-0.4, -0.2) is 96.9 Å². The first kappa shape index (κ1) is 27.1. The molecule has 2 saturated heterocycles. The van der Waals surface area contributed by atoms with E-state index in [0.29, 0.717) is 0 Å². The number of benzene rings is 1. The zero-order valence-electron chi connectivity index (χ0n) is 21.2. The van der Waals surface area contributed by atoms with Gasteiger partial charge in [0.1, 0.15) is 12.1 Å². The van der Waals surface area contributed by atoms with Crippen molar-refractivity contribution < 1.29 is 28.7 Å². The van der Waals surface area contributed by atoms with E-state index in [9.17, 15) is 24.0 Å². The smallest absolute Gasteiger partial charge is 0.251 e. The van der Waals surface area contributed by atoms with Gasteiger partial charge in [0.15, 0.2) is 6.10 Å². The maximum atomic E-state index is 13.3. The molecular weight excluding hydrogens is 466 g/mol. The molecule has 2 aliphatic rings. The molecular formula is C25H35N5O6. The van der Waals surface area contributed by atoms with E-state index in [1.165, 1.54) is 18.9 Å². The van der Waals surface area contributed by atoms with Crippen molar-refractivity contribution in [3.05, 3.63) is 35.9 Å². The predicted octanol–water partition coefficient (Wildman–Crippen LogP) is -0.941. The Morgan fingerprint density at radius 3 is 2.42 bits per heavy atom. The highest BCUT2D eigenvalue weighted by Crippen LogP contribution is 2.16. The Bertz CT molecular complexity index is 984. The summed E-state index contributed by atoms with van der Waals surface area (Å²) in [6.07, 6.45) is -1.46. The zero-order chi connectivity index (χ0) is 26.4. The molecule has 3 rings (SSSR count). The summed E-state index contributed by atoms with van der Waals surface area (Å²) in [6.45, 7) is 5.09. The Kier molecular flexibility index (Phi) is 9.03. The SMILES string of the molecule is CC(C)C(=O)N1C[C@@H]2CNC(=O)[C@@H](C)NC(=O)CN(C)C(=O)[C@@H](Cc3ccccc3)NC(=O)[C@@H](C1)O2. The fraction of sp³-hybridized carbons (Fsp3) is 0.560. The number of nitrogens with zero attached hydrogens (tertiary/aromatic N) is 2. The third-order valence-corrected chi connectivity index (χ3v) is 6.19. The van der Waals surface area contributed by atoms with Gasteiger partial charge < -0.3 is 30.5 Å². The van der Waals surface area contributed by atoms with E-state index in [2.05, 4.69) is 16.0 Å². The molecule has 2 fully saturated rings. The highest BCUT2D eigenvalue weighted by molar-refractivity contribution is 5.93. The summed E-state index contributed by atoms with van der Waals surface area (Å²) < 4.78 is 5.97. The summed E-state index contributed by atoms with van der Waals surface area (Å²) in [5.41, 5.74) is 0.828. The molecule has 0 radical (unpaired) electrons. The van der Waals surface area contributed by atoms with Gasteiger partial charge in [0.25, 0.3) is 5.91 Å². The minimum Gasteiger partial charge on any atom is -0.360 e. The van der Waals surface area contributed by atoms with Gasteiger partial charge in [-0.1, -0.05) is 44.2 Å². The van der Waals surface area contributed by atoms with E-state index in [1.54, 1.807) is 18.7 Å². The van der Waals surface area contributed by atoms with Crippen LogP contribution < -0.4 is 16.0 Å². The number of carbonyl (C=O) groups excluding carboxylic acids is 5. The van der Waals surface area contributed by atoms with Crippen LogP contribution in [-0.2, 0) is 35.1 Å². The van der Waals surface area contributed by atoms with E-state index >= 15 is 0 Å². The Morgan fingerprint density at radius 2 is 1.75 bits per heavy atom. The van der Waals surface area contributed by atoms with Crippen LogP contribution >= 0.6 is 0 Å². The number of rotatable bonds is 3. The van der Waals surface area contributed by atoms with Gasteiger partial charge in [-0.2, -0.15) is 0 Å². The number of amides is 5. The Balaban J connectivity index is 1.91. The van der Waals surface area contributed by atoms with Crippen molar-refractivity contribution in [1.29, 1.82) is 0 Å². The first-order chi connectivity index (χ1) is 17.0. The maximum Gasteiger partial charge on any atom is 0.251 e. The molecule has 0 unspecified atom stereocenters. The Labute approximate surface area is 210 Å². The van der Waals surface area contributed by atoms with Gasteiger partial charge in [0.05, 0.1) is 19.2 Å². The average molecular weight is 502 g/mol. The second kappa shape index (κ2) is 12.0. The normalized spacial score (nSPS) is 26.5. The van der Waals surface area contributed by atoms with Crippen LogP contribution in [0.4, 0.5) is 0 Å². The molecule has 0 saturated carbocycles. The van der Waals surface area contributed by atoms with Crippen molar-refractivity contribution >= 4 is 29.5 Å². The van der Waals surface area contributed by atoms with Gasteiger partial charge in [-0.05, 0) is 12.5 Å². The summed E-state index contributed by atoms with van der Waals surface area (Å²) in [7, 11) is 1.46. The fourth-order valence-corrected chi connectivity index (χ4v) is 4.24. The van der Waals surface area contributed by atoms with Gasteiger partial charge in [-0.25, -0.2) is 0 Å². The maximum absolute atomic E-state index is 13.3. The molecule has 11 nitrogen and oxygen atoms in total. The molecule has 2 aliphatic heterocycles. The van der Waals surface area contributed by atoms with Crippen LogP contribution in [0.2, 0.25) is 0 Å². The number of morpholine rings is 1. The van der Waals surface area contributed by atoms with Gasteiger partial charge in [0, 0.05) is 32.5 Å². The van der Waals surface area contributed by atoms with Crippen LogP contribution in [0.3, 0.4) is 0 Å². The summed E-state index contributed by atoms with van der Waals surface area (Å²) >= 11 is 0. The first-order valence-corrected chi connectivity index (χ1v) is 12.2. The average Bonchev–Trinajstić information content (AvgIpc) is 2.85. The van der Waals surface area contributed by atoms with Crippen molar-refractivity contribution in [3.63, 3.8) is 0 Å². The molecule has 0 aliphatic carbocycles. The molecule has 3 N–H and O–H groups in total. The second-order valence-electron chi connectivity index (χ2n) is 9.62. The lowest BCUT2D eigenvalue weighted by atomic mass is 10.0. The zero-order valence-corrected chi connectivity index (χ0v) is 21.2. The number of carbonyl (C=O) groups is 5. The van der Waals surface area contributed by atoms with Crippen LogP contribution in [0.25, 0.3) is 0 Å². The molecule has 196 valence electrons. The van der Waals surface area contributed by atoms with E-state index in [0.717, 1.165) is 5.56 Å². The van der Waals surface area contributed by atoms with Crippen molar-refractivity contribution in [3.8, 4) is 0 Å². The lowest BCUT2D eigenvalue weighted by molar-refractivity contribution is -0.159. The summed E-state index contributed by atoms with van der Waals surface area (Å²) in [5, 5.41) is 8.08. The van der Waals surface area contributed by atoms with Crippen LogP contribution in [0, 0.1) is 5.92 Å². The molecule has 0 aromatic heterocycles. The Hall–Kier alpha value is -3.47. The number of ether oxygens (including phenoxy) is 1. The van der Waals surface area contributed by atoms with Crippen molar-refractivity contribution in [2.45, 2.75) is 51.5 Å². The topological polar surface area (TPSA) is 137 Å². The van der Waals surface area contributed by atoms with Crippen molar-refractivity contribution in [2.24, 2.45) is 5.92 Å². The lowest BCUT2D eigenvalue weighted by Gasteiger charge is -2.38. The molecule has 36 heavy (non-hydrogen) atoms.